The smallest absolute Gasteiger partial charge is 0.335 e. The number of hydrogen-bond donors (Lipinski definition) is 1. The van der Waals surface area contributed by atoms with E-state index in [0.29, 0.717) is 16.6 Å². The Morgan fingerprint density at radius 1 is 1.10 bits per heavy atom. The lowest BCUT2D eigenvalue weighted by Crippen LogP contribution is -2.11. The quantitative estimate of drug-likeness (QED) is 0.770. The molecule has 0 fully saturated rings. The fourth-order valence-corrected chi connectivity index (χ4v) is 2.10. The minimum Gasteiger partial charge on any atom is -0.478 e. The molecule has 3 aromatic rings. The normalized spacial score (nSPS) is 10.6. The minimum absolute atomic E-state index is 0.185. The molecule has 0 amide bonds. The number of fused-ring (bicyclic) bond motifs is 1. The van der Waals surface area contributed by atoms with Crippen molar-refractivity contribution in [1.82, 2.24) is 9.55 Å². The van der Waals surface area contributed by atoms with Gasteiger partial charge in [-0.25, -0.2) is 4.79 Å². The maximum absolute atomic E-state index is 11.7. The van der Waals surface area contributed by atoms with Crippen LogP contribution in [0.3, 0.4) is 0 Å². The second kappa shape index (κ2) is 4.62. The lowest BCUT2D eigenvalue weighted by Gasteiger charge is -2.10. The fraction of sp³-hybridized carbons (Fsp3) is 0. The van der Waals surface area contributed by atoms with E-state index in [1.807, 2.05) is 6.07 Å². The summed E-state index contributed by atoms with van der Waals surface area (Å²) in [5.74, 6) is -0.995. The standard InChI is InChI=1S/C15H10N2O3/c18-14-12-6-1-2-7-13(12)17(9-16-14)11-5-3-4-10(8-11)15(19)20/h1-9H,(H,19,20). The van der Waals surface area contributed by atoms with Crippen molar-refractivity contribution in [3.63, 3.8) is 0 Å². The SMILES string of the molecule is O=C(O)c1cccc(-n2cnc(=O)c3ccccc32)c1. The summed E-state index contributed by atoms with van der Waals surface area (Å²) in [6.45, 7) is 0. The number of carbonyl (C=O) groups is 1. The molecule has 0 radical (unpaired) electrons. The van der Waals surface area contributed by atoms with Gasteiger partial charge >= 0.3 is 5.97 Å². The van der Waals surface area contributed by atoms with Crippen LogP contribution in [0, 0.1) is 0 Å². The molecule has 3 rings (SSSR count). The number of rotatable bonds is 2. The van der Waals surface area contributed by atoms with Crippen molar-refractivity contribution in [3.05, 3.63) is 70.8 Å². The van der Waals surface area contributed by atoms with Crippen LogP contribution in [0.4, 0.5) is 0 Å². The third-order valence-electron chi connectivity index (χ3n) is 3.06. The maximum Gasteiger partial charge on any atom is 0.335 e. The van der Waals surface area contributed by atoms with Crippen molar-refractivity contribution >= 4 is 16.9 Å². The van der Waals surface area contributed by atoms with Gasteiger partial charge in [-0.2, -0.15) is 4.98 Å². The van der Waals surface area contributed by atoms with E-state index in [4.69, 9.17) is 5.11 Å². The molecular formula is C15H10N2O3. The lowest BCUT2D eigenvalue weighted by molar-refractivity contribution is 0.0697. The van der Waals surface area contributed by atoms with Crippen molar-refractivity contribution in [1.29, 1.82) is 0 Å². The number of para-hydroxylation sites is 1. The number of aromatic carboxylic acids is 1. The highest BCUT2D eigenvalue weighted by Crippen LogP contribution is 2.16. The Kier molecular flexibility index (Phi) is 2.80. The Bertz CT molecular complexity index is 868. The first-order chi connectivity index (χ1) is 9.66. The Morgan fingerprint density at radius 2 is 1.90 bits per heavy atom. The molecule has 0 atom stereocenters. The number of carboxylic acid groups (broad SMARTS) is 1. The fourth-order valence-electron chi connectivity index (χ4n) is 2.10. The second-order valence-electron chi connectivity index (χ2n) is 4.29. The molecule has 1 aromatic heterocycles. The molecule has 5 nitrogen and oxygen atoms in total. The van der Waals surface area contributed by atoms with E-state index in [-0.39, 0.29) is 11.1 Å². The predicted molar refractivity (Wildman–Crippen MR) is 74.3 cm³/mol. The van der Waals surface area contributed by atoms with Gasteiger partial charge in [0.05, 0.1) is 16.5 Å². The maximum atomic E-state index is 11.7. The van der Waals surface area contributed by atoms with Gasteiger partial charge in [-0.1, -0.05) is 18.2 Å². The molecule has 0 aliphatic heterocycles. The Morgan fingerprint density at radius 3 is 2.70 bits per heavy atom. The van der Waals surface area contributed by atoms with Gasteiger partial charge < -0.3 is 9.67 Å². The van der Waals surface area contributed by atoms with Crippen LogP contribution < -0.4 is 5.56 Å². The Labute approximate surface area is 113 Å². The largest absolute Gasteiger partial charge is 0.478 e. The Hall–Kier alpha value is -2.95. The summed E-state index contributed by atoms with van der Waals surface area (Å²) >= 11 is 0. The zero-order valence-corrected chi connectivity index (χ0v) is 10.4. The van der Waals surface area contributed by atoms with Crippen LogP contribution >= 0.6 is 0 Å². The predicted octanol–water partition coefficient (Wildman–Crippen LogP) is 2.08. The number of carboxylic acids is 1. The van der Waals surface area contributed by atoms with Gasteiger partial charge in [0.1, 0.15) is 6.33 Å². The van der Waals surface area contributed by atoms with E-state index in [0.717, 1.165) is 0 Å². The highest BCUT2D eigenvalue weighted by Gasteiger charge is 2.07. The molecule has 0 bridgehead atoms. The van der Waals surface area contributed by atoms with Crippen LogP contribution in [0.1, 0.15) is 10.4 Å². The topological polar surface area (TPSA) is 72.2 Å². The first-order valence-corrected chi connectivity index (χ1v) is 5.97. The lowest BCUT2D eigenvalue weighted by atomic mass is 10.2. The number of benzene rings is 2. The summed E-state index contributed by atoms with van der Waals surface area (Å²) in [6.07, 6.45) is 1.41. The molecule has 5 heteroatoms. The van der Waals surface area contributed by atoms with Crippen molar-refractivity contribution in [3.8, 4) is 5.69 Å². The summed E-state index contributed by atoms with van der Waals surface area (Å²) < 4.78 is 1.70. The van der Waals surface area contributed by atoms with Gasteiger partial charge in [-0.05, 0) is 30.3 Å². The Balaban J connectivity index is 2.30. The third kappa shape index (κ3) is 1.95. The monoisotopic (exact) mass is 266 g/mol. The van der Waals surface area contributed by atoms with Crippen LogP contribution in [0.15, 0.2) is 59.7 Å². The molecule has 2 aromatic carbocycles. The zero-order chi connectivity index (χ0) is 14.1. The van der Waals surface area contributed by atoms with Crippen LogP contribution in [0.2, 0.25) is 0 Å². The van der Waals surface area contributed by atoms with Gasteiger partial charge in [0.25, 0.3) is 5.56 Å². The molecule has 1 N–H and O–H groups in total. The third-order valence-corrected chi connectivity index (χ3v) is 3.06. The molecule has 0 aliphatic rings. The van der Waals surface area contributed by atoms with Crippen LogP contribution in [0.5, 0.6) is 0 Å². The van der Waals surface area contributed by atoms with Crippen molar-refractivity contribution in [2.24, 2.45) is 0 Å². The van der Waals surface area contributed by atoms with Gasteiger partial charge in [0.15, 0.2) is 0 Å². The van der Waals surface area contributed by atoms with Crippen molar-refractivity contribution in [2.45, 2.75) is 0 Å². The molecule has 20 heavy (non-hydrogen) atoms. The van der Waals surface area contributed by atoms with Crippen molar-refractivity contribution < 1.29 is 9.90 Å². The summed E-state index contributed by atoms with van der Waals surface area (Å²) in [5, 5.41) is 9.53. The van der Waals surface area contributed by atoms with E-state index in [9.17, 15) is 9.59 Å². The van der Waals surface area contributed by atoms with E-state index >= 15 is 0 Å². The molecule has 0 saturated carbocycles. The molecule has 0 spiro atoms. The second-order valence-corrected chi connectivity index (χ2v) is 4.29. The first kappa shape index (κ1) is 12.1. The van der Waals surface area contributed by atoms with E-state index < -0.39 is 5.97 Å². The molecule has 1 heterocycles. The highest BCUT2D eigenvalue weighted by atomic mass is 16.4. The molecule has 0 unspecified atom stereocenters. The average molecular weight is 266 g/mol. The number of hydrogen-bond acceptors (Lipinski definition) is 3. The van der Waals surface area contributed by atoms with Crippen LogP contribution in [0.25, 0.3) is 16.6 Å². The molecule has 0 saturated heterocycles. The van der Waals surface area contributed by atoms with Gasteiger partial charge in [0.2, 0.25) is 0 Å². The summed E-state index contributed by atoms with van der Waals surface area (Å²) in [4.78, 5) is 26.6. The van der Waals surface area contributed by atoms with Crippen molar-refractivity contribution in [2.75, 3.05) is 0 Å². The van der Waals surface area contributed by atoms with Crippen LogP contribution in [-0.2, 0) is 0 Å². The summed E-state index contributed by atoms with van der Waals surface area (Å²) in [5.41, 5.74) is 1.22. The van der Waals surface area contributed by atoms with E-state index in [1.165, 1.54) is 12.4 Å². The average Bonchev–Trinajstić information content (AvgIpc) is 2.48. The molecular weight excluding hydrogens is 256 g/mol. The van der Waals surface area contributed by atoms with Gasteiger partial charge in [-0.15, -0.1) is 0 Å². The zero-order valence-electron chi connectivity index (χ0n) is 10.4. The van der Waals surface area contributed by atoms with E-state index in [2.05, 4.69) is 4.98 Å². The molecule has 0 aliphatic carbocycles. The first-order valence-electron chi connectivity index (χ1n) is 5.97. The summed E-state index contributed by atoms with van der Waals surface area (Å²) in [7, 11) is 0. The minimum atomic E-state index is -0.995. The summed E-state index contributed by atoms with van der Waals surface area (Å²) in [6, 6.07) is 13.6. The van der Waals surface area contributed by atoms with Crippen LogP contribution in [-0.4, -0.2) is 20.6 Å². The number of nitrogens with zero attached hydrogens (tertiary/aromatic N) is 2. The van der Waals surface area contributed by atoms with E-state index in [1.54, 1.807) is 41.0 Å². The highest BCUT2D eigenvalue weighted by molar-refractivity contribution is 5.88. The number of aromatic nitrogens is 2. The molecule has 98 valence electrons. The van der Waals surface area contributed by atoms with Gasteiger partial charge in [-0.3, -0.25) is 4.79 Å². The van der Waals surface area contributed by atoms with Gasteiger partial charge in [0, 0.05) is 5.69 Å².